The second kappa shape index (κ2) is 9.69. The number of alkyl halides is 3. The fourth-order valence-corrected chi connectivity index (χ4v) is 6.66. The van der Waals surface area contributed by atoms with E-state index in [1.54, 1.807) is 25.3 Å². The Labute approximate surface area is 222 Å². The summed E-state index contributed by atoms with van der Waals surface area (Å²) in [5.41, 5.74) is 1.36. The van der Waals surface area contributed by atoms with E-state index in [1.165, 1.54) is 16.2 Å². The van der Waals surface area contributed by atoms with Crippen LogP contribution in [0.4, 0.5) is 13.2 Å². The molecule has 2 atom stereocenters. The van der Waals surface area contributed by atoms with Crippen LogP contribution in [0.25, 0.3) is 21.5 Å². The first-order valence-corrected chi connectivity index (χ1v) is 13.4. The first-order valence-electron chi connectivity index (χ1n) is 12.6. The fourth-order valence-electron chi connectivity index (χ4n) is 5.54. The molecule has 3 aromatic rings. The van der Waals surface area contributed by atoms with Crippen molar-refractivity contribution < 1.29 is 27.9 Å². The zero-order valence-electron chi connectivity index (χ0n) is 21.4. The summed E-state index contributed by atoms with van der Waals surface area (Å²) in [7, 11) is 0. The van der Waals surface area contributed by atoms with Crippen LogP contribution in [0.2, 0.25) is 0 Å². The predicted octanol–water partition coefficient (Wildman–Crippen LogP) is 4.34. The van der Waals surface area contributed by atoms with E-state index in [1.807, 2.05) is 13.8 Å². The third kappa shape index (κ3) is 4.60. The van der Waals surface area contributed by atoms with Crippen LogP contribution >= 0.6 is 11.3 Å². The van der Waals surface area contributed by atoms with Gasteiger partial charge in [0.2, 0.25) is 11.8 Å². The average molecular weight is 547 g/mol. The molecule has 7 nitrogen and oxygen atoms in total. The first kappa shape index (κ1) is 26.7. The molecule has 2 unspecified atom stereocenters. The molecule has 2 aliphatic rings. The van der Waals surface area contributed by atoms with Gasteiger partial charge in [0.05, 0.1) is 40.9 Å². The van der Waals surface area contributed by atoms with Crippen molar-refractivity contribution in [3.63, 3.8) is 0 Å². The number of aliphatic hydroxyl groups is 1. The molecule has 2 fully saturated rings. The standard InChI is InChI=1S/C27H29F3N4O3S/c1-14-11-19(27(28,29)30)33-22(16(14)5-4-7-31-9-10-35)17-6-8-32-18-12-15(38-23(17)18)13-34-24(36)20-21(25(34)37)26(20,2)3/h6,8,11-12,20-21,31,35H,4-5,7,9-10,13H2,1-3H3. The molecule has 3 aromatic heterocycles. The normalized spacial score (nSPS) is 20.4. The van der Waals surface area contributed by atoms with E-state index in [0.29, 0.717) is 47.3 Å². The number of nitrogens with zero attached hydrogens (tertiary/aromatic N) is 3. The number of halogens is 3. The quantitative estimate of drug-likeness (QED) is 0.306. The van der Waals surface area contributed by atoms with Crippen LogP contribution in [0.1, 0.15) is 42.0 Å². The number of piperidine rings is 1. The molecule has 2 amide bonds. The predicted molar refractivity (Wildman–Crippen MR) is 137 cm³/mol. The number of aryl methyl sites for hydroxylation is 1. The number of hydrogen-bond donors (Lipinski definition) is 2. The topological polar surface area (TPSA) is 95.4 Å². The molecule has 4 heterocycles. The zero-order valence-corrected chi connectivity index (χ0v) is 22.2. The van der Waals surface area contributed by atoms with Gasteiger partial charge in [0.15, 0.2) is 0 Å². The number of carbonyl (C=O) groups excluding carboxylic acids is 2. The van der Waals surface area contributed by atoms with Gasteiger partial charge in [-0.05, 0) is 61.1 Å². The van der Waals surface area contributed by atoms with Gasteiger partial charge in [0, 0.05) is 23.2 Å². The number of carbonyl (C=O) groups is 2. The van der Waals surface area contributed by atoms with Crippen molar-refractivity contribution in [1.29, 1.82) is 0 Å². The van der Waals surface area contributed by atoms with Gasteiger partial charge in [-0.1, -0.05) is 13.8 Å². The van der Waals surface area contributed by atoms with Gasteiger partial charge in [-0.3, -0.25) is 19.5 Å². The third-order valence-corrected chi connectivity index (χ3v) is 8.77. The summed E-state index contributed by atoms with van der Waals surface area (Å²) in [4.78, 5) is 36.2. The Bertz CT molecular complexity index is 1390. The van der Waals surface area contributed by atoms with Crippen LogP contribution in [0, 0.1) is 24.2 Å². The summed E-state index contributed by atoms with van der Waals surface area (Å²) in [5, 5.41) is 12.0. The number of amides is 2. The highest BCUT2D eigenvalue weighted by Crippen LogP contribution is 2.63. The second-order valence-corrected chi connectivity index (χ2v) is 11.7. The number of pyridine rings is 2. The molecule has 1 saturated heterocycles. The Morgan fingerprint density at radius 3 is 2.53 bits per heavy atom. The molecule has 1 saturated carbocycles. The van der Waals surface area contributed by atoms with E-state index in [-0.39, 0.29) is 47.9 Å². The Morgan fingerprint density at radius 1 is 1.16 bits per heavy atom. The van der Waals surface area contributed by atoms with Crippen LogP contribution in [0.5, 0.6) is 0 Å². The van der Waals surface area contributed by atoms with Crippen molar-refractivity contribution in [2.24, 2.45) is 17.3 Å². The SMILES string of the molecule is Cc1cc(C(F)(F)F)nc(-c2ccnc3cc(CN4C(=O)C5C(C4=O)C5(C)C)sc23)c1CCCNCCO. The summed E-state index contributed by atoms with van der Waals surface area (Å²) in [6.07, 6.45) is -1.90. The molecule has 0 aromatic carbocycles. The summed E-state index contributed by atoms with van der Waals surface area (Å²) in [5.74, 6) is -0.875. The minimum atomic E-state index is -4.60. The van der Waals surface area contributed by atoms with Gasteiger partial charge in [0.25, 0.3) is 0 Å². The molecule has 1 aliphatic heterocycles. The van der Waals surface area contributed by atoms with Crippen LogP contribution < -0.4 is 5.32 Å². The summed E-state index contributed by atoms with van der Waals surface area (Å²) in [6, 6.07) is 4.54. The lowest BCUT2D eigenvalue weighted by molar-refractivity contribution is -0.144. The molecule has 38 heavy (non-hydrogen) atoms. The van der Waals surface area contributed by atoms with Gasteiger partial charge in [0.1, 0.15) is 5.69 Å². The lowest BCUT2D eigenvalue weighted by Crippen LogP contribution is -2.35. The Kier molecular flexibility index (Phi) is 6.81. The van der Waals surface area contributed by atoms with Gasteiger partial charge >= 0.3 is 6.18 Å². The summed E-state index contributed by atoms with van der Waals surface area (Å²) < 4.78 is 41.8. The second-order valence-electron chi connectivity index (χ2n) is 10.6. The molecule has 1 aliphatic carbocycles. The number of aromatic nitrogens is 2. The van der Waals surface area contributed by atoms with Gasteiger partial charge in [-0.2, -0.15) is 13.2 Å². The maximum atomic E-state index is 13.7. The number of thiophene rings is 1. The van der Waals surface area contributed by atoms with Crippen LogP contribution in [0.15, 0.2) is 24.4 Å². The summed E-state index contributed by atoms with van der Waals surface area (Å²) in [6.45, 7) is 6.69. The van der Waals surface area contributed by atoms with Crippen molar-refractivity contribution in [3.05, 3.63) is 46.1 Å². The molecule has 0 spiro atoms. The maximum absolute atomic E-state index is 13.7. The van der Waals surface area contributed by atoms with Crippen molar-refractivity contribution in [2.45, 2.75) is 46.3 Å². The number of fused-ring (bicyclic) bond motifs is 2. The van der Waals surface area contributed by atoms with Crippen molar-refractivity contribution in [1.82, 2.24) is 20.2 Å². The fraction of sp³-hybridized carbons (Fsp3) is 0.481. The van der Waals surface area contributed by atoms with E-state index >= 15 is 0 Å². The highest BCUT2D eigenvalue weighted by atomic mass is 32.1. The molecule has 2 N–H and O–H groups in total. The number of rotatable bonds is 9. The minimum absolute atomic E-state index is 0.00944. The van der Waals surface area contributed by atoms with E-state index in [4.69, 9.17) is 5.11 Å². The molecular weight excluding hydrogens is 517 g/mol. The largest absolute Gasteiger partial charge is 0.433 e. The Balaban J connectivity index is 1.50. The number of likely N-dealkylation sites (tertiary alicyclic amines) is 1. The monoisotopic (exact) mass is 546 g/mol. The lowest BCUT2D eigenvalue weighted by Gasteiger charge is -2.19. The van der Waals surface area contributed by atoms with Crippen LogP contribution in [-0.2, 0) is 28.7 Å². The van der Waals surface area contributed by atoms with E-state index in [2.05, 4.69) is 15.3 Å². The van der Waals surface area contributed by atoms with E-state index < -0.39 is 11.9 Å². The molecule has 11 heteroatoms. The van der Waals surface area contributed by atoms with Crippen molar-refractivity contribution in [3.8, 4) is 11.3 Å². The highest BCUT2D eigenvalue weighted by Gasteiger charge is 2.72. The number of hydrogen-bond acceptors (Lipinski definition) is 7. The van der Waals surface area contributed by atoms with Crippen LogP contribution in [0.3, 0.4) is 0 Å². The van der Waals surface area contributed by atoms with Crippen LogP contribution in [-0.4, -0.2) is 51.5 Å². The van der Waals surface area contributed by atoms with Gasteiger partial charge < -0.3 is 10.4 Å². The van der Waals surface area contributed by atoms with Crippen molar-refractivity contribution in [2.75, 3.05) is 19.7 Å². The molecule has 0 bridgehead atoms. The highest BCUT2D eigenvalue weighted by molar-refractivity contribution is 7.19. The molecule has 0 radical (unpaired) electrons. The number of imide groups is 1. The molecule has 5 rings (SSSR count). The Morgan fingerprint density at radius 2 is 1.87 bits per heavy atom. The third-order valence-electron chi connectivity index (χ3n) is 7.63. The molecular formula is C27H29F3N4O3S. The lowest BCUT2D eigenvalue weighted by atomic mass is 9.97. The number of nitrogens with one attached hydrogen (secondary N) is 1. The van der Waals surface area contributed by atoms with E-state index in [9.17, 15) is 22.8 Å². The number of aliphatic hydroxyl groups excluding tert-OH is 1. The molecule has 202 valence electrons. The Hall–Kier alpha value is -2.89. The average Bonchev–Trinajstić information content (AvgIpc) is 3.10. The summed E-state index contributed by atoms with van der Waals surface area (Å²) >= 11 is 1.32. The zero-order chi connectivity index (χ0) is 27.4. The van der Waals surface area contributed by atoms with Crippen molar-refractivity contribution >= 4 is 33.4 Å². The minimum Gasteiger partial charge on any atom is -0.395 e. The van der Waals surface area contributed by atoms with Gasteiger partial charge in [-0.15, -0.1) is 11.3 Å². The smallest absolute Gasteiger partial charge is 0.395 e. The first-order chi connectivity index (χ1) is 17.9. The van der Waals surface area contributed by atoms with E-state index in [0.717, 1.165) is 16.5 Å². The maximum Gasteiger partial charge on any atom is 0.433 e. The van der Waals surface area contributed by atoms with Gasteiger partial charge in [-0.25, -0.2) is 4.98 Å².